The summed E-state index contributed by atoms with van der Waals surface area (Å²) in [6.45, 7) is 9.74. The van der Waals surface area contributed by atoms with E-state index >= 15 is 0 Å². The van der Waals surface area contributed by atoms with Crippen LogP contribution in [0.5, 0.6) is 0 Å². The Morgan fingerprint density at radius 1 is 1.29 bits per heavy atom. The fraction of sp³-hybridized carbons (Fsp3) is 1.00. The molecule has 1 N–H and O–H groups in total. The number of nitrogens with zero attached hydrogens (tertiary/aromatic N) is 1. The lowest BCUT2D eigenvalue weighted by Gasteiger charge is -2.30. The van der Waals surface area contributed by atoms with E-state index < -0.39 is 7.23 Å². The molecule has 14 heavy (non-hydrogen) atoms. The van der Waals surface area contributed by atoms with Crippen molar-refractivity contribution in [3.8, 4) is 0 Å². The van der Waals surface area contributed by atoms with E-state index in [0.29, 0.717) is 12.1 Å². The summed E-state index contributed by atoms with van der Waals surface area (Å²) >= 11 is 1.17. The summed E-state index contributed by atoms with van der Waals surface area (Å²) in [6, 6.07) is 1.09. The molecule has 86 valence electrons. The molecule has 5 heteroatoms. The van der Waals surface area contributed by atoms with Crippen LogP contribution in [0, 0.1) is 0 Å². The molecule has 0 aromatic rings. The third-order valence-electron chi connectivity index (χ3n) is 2.11. The van der Waals surface area contributed by atoms with Gasteiger partial charge in [0.25, 0.3) is 0 Å². The molecule has 0 aliphatic rings. The van der Waals surface area contributed by atoms with Crippen LogP contribution < -0.4 is 0 Å². The lowest BCUT2D eigenvalue weighted by atomic mass is 10.2. The quantitative estimate of drug-likeness (QED) is 0.547. The van der Waals surface area contributed by atoms with Crippen molar-refractivity contribution in [2.45, 2.75) is 46.2 Å². The van der Waals surface area contributed by atoms with Crippen molar-refractivity contribution in [1.82, 2.24) is 4.90 Å². The van der Waals surface area contributed by atoms with Gasteiger partial charge in [-0.05, 0) is 40.7 Å². The Bertz CT molecular complexity index is 168. The van der Waals surface area contributed by atoms with E-state index in [-0.39, 0.29) is 0 Å². The zero-order valence-corrected chi connectivity index (χ0v) is 11.3. The first-order valence-corrected chi connectivity index (χ1v) is 8.13. The summed E-state index contributed by atoms with van der Waals surface area (Å²) < 4.78 is 10.4. The highest BCUT2D eigenvalue weighted by Crippen LogP contribution is 2.32. The van der Waals surface area contributed by atoms with Gasteiger partial charge in [0, 0.05) is 17.8 Å². The van der Waals surface area contributed by atoms with Crippen LogP contribution in [0.2, 0.25) is 0 Å². The summed E-state index contributed by atoms with van der Waals surface area (Å²) in [4.78, 5) is 11.0. The maximum Gasteiger partial charge on any atom is 0.243 e. The van der Waals surface area contributed by atoms with Crippen LogP contribution >= 0.6 is 18.6 Å². The van der Waals surface area contributed by atoms with Gasteiger partial charge in [0.15, 0.2) is 0 Å². The minimum atomic E-state index is -2.32. The van der Waals surface area contributed by atoms with Gasteiger partial charge in [-0.25, -0.2) is 0 Å². The van der Waals surface area contributed by atoms with Gasteiger partial charge in [0.2, 0.25) is 7.23 Å². The second-order valence-electron chi connectivity index (χ2n) is 3.89. The van der Waals surface area contributed by atoms with E-state index in [1.807, 2.05) is 0 Å². The number of rotatable bonds is 7. The van der Waals surface area contributed by atoms with Crippen molar-refractivity contribution in [2.75, 3.05) is 12.3 Å². The Hall–Kier alpha value is 0.500. The van der Waals surface area contributed by atoms with Crippen molar-refractivity contribution >= 4 is 18.6 Å². The van der Waals surface area contributed by atoms with Crippen LogP contribution in [-0.2, 0) is 4.57 Å². The molecule has 0 saturated carbocycles. The van der Waals surface area contributed by atoms with Gasteiger partial charge in [0.1, 0.15) is 0 Å². The topological polar surface area (TPSA) is 40.5 Å². The molecular weight excluding hydrogens is 217 g/mol. The SMILES string of the molecule is CC(C)N(CCCS[PH](=O)O)C(C)C. The minimum absolute atomic E-state index is 0.547. The van der Waals surface area contributed by atoms with Crippen LogP contribution in [0.1, 0.15) is 34.1 Å². The average molecular weight is 239 g/mol. The molecule has 0 aromatic carbocycles. The van der Waals surface area contributed by atoms with Crippen LogP contribution in [0.4, 0.5) is 0 Å². The standard InChI is InChI=1S/C9H22NO2PS/c1-8(2)10(9(3)4)6-5-7-14-13(11)12/h8-9,13H,5-7H2,1-4H3,(H,11,12). The van der Waals surface area contributed by atoms with E-state index in [4.69, 9.17) is 4.89 Å². The van der Waals surface area contributed by atoms with E-state index in [9.17, 15) is 4.57 Å². The van der Waals surface area contributed by atoms with Crippen LogP contribution in [-0.4, -0.2) is 34.2 Å². The van der Waals surface area contributed by atoms with Crippen molar-refractivity contribution in [3.05, 3.63) is 0 Å². The van der Waals surface area contributed by atoms with E-state index in [1.165, 1.54) is 11.4 Å². The Morgan fingerprint density at radius 3 is 2.14 bits per heavy atom. The van der Waals surface area contributed by atoms with Crippen molar-refractivity contribution in [3.63, 3.8) is 0 Å². The zero-order valence-electron chi connectivity index (χ0n) is 9.49. The zero-order chi connectivity index (χ0) is 11.1. The Labute approximate surface area is 91.9 Å². The molecule has 0 rings (SSSR count). The summed E-state index contributed by atoms with van der Waals surface area (Å²) in [6.07, 6.45) is 0.984. The molecule has 1 atom stereocenters. The van der Waals surface area contributed by atoms with Gasteiger partial charge < -0.3 is 4.89 Å². The van der Waals surface area contributed by atoms with E-state index in [0.717, 1.165) is 18.7 Å². The molecule has 0 radical (unpaired) electrons. The fourth-order valence-corrected chi connectivity index (χ4v) is 2.92. The third-order valence-corrected chi connectivity index (χ3v) is 4.21. The summed E-state index contributed by atoms with van der Waals surface area (Å²) in [5, 5.41) is 0. The number of hydrogen-bond donors (Lipinski definition) is 1. The van der Waals surface area contributed by atoms with Gasteiger partial charge in [-0.2, -0.15) is 0 Å². The normalized spacial score (nSPS) is 14.3. The molecule has 1 unspecified atom stereocenters. The Balaban J connectivity index is 3.67. The molecule has 0 saturated heterocycles. The molecule has 0 fully saturated rings. The molecule has 0 aliphatic carbocycles. The smallest absolute Gasteiger partial charge is 0.243 e. The van der Waals surface area contributed by atoms with E-state index in [1.54, 1.807) is 0 Å². The lowest BCUT2D eigenvalue weighted by Crippen LogP contribution is -2.37. The summed E-state index contributed by atoms with van der Waals surface area (Å²) in [7, 11) is -2.32. The second-order valence-corrected chi connectivity index (χ2v) is 7.04. The minimum Gasteiger partial charge on any atom is -0.339 e. The Kier molecular flexibility index (Phi) is 8.02. The fourth-order valence-electron chi connectivity index (χ4n) is 1.52. The highest BCUT2D eigenvalue weighted by atomic mass is 32.7. The highest BCUT2D eigenvalue weighted by Gasteiger charge is 2.12. The summed E-state index contributed by atoms with van der Waals surface area (Å²) in [5.74, 6) is 0.782. The Morgan fingerprint density at radius 2 is 1.79 bits per heavy atom. The molecular formula is C9H22NO2PS. The predicted octanol–water partition coefficient (Wildman–Crippen LogP) is 2.61. The van der Waals surface area contributed by atoms with Crippen molar-refractivity contribution < 1.29 is 9.46 Å². The molecule has 0 bridgehead atoms. The first-order valence-electron chi connectivity index (χ1n) is 5.06. The van der Waals surface area contributed by atoms with Gasteiger partial charge in [-0.3, -0.25) is 9.46 Å². The first-order chi connectivity index (χ1) is 6.45. The molecule has 0 amide bonds. The maximum atomic E-state index is 10.4. The van der Waals surface area contributed by atoms with Gasteiger partial charge in [0.05, 0.1) is 0 Å². The molecule has 0 aromatic heterocycles. The highest BCUT2D eigenvalue weighted by molar-refractivity contribution is 8.50. The molecule has 0 aliphatic heterocycles. The largest absolute Gasteiger partial charge is 0.339 e. The monoisotopic (exact) mass is 239 g/mol. The van der Waals surface area contributed by atoms with Gasteiger partial charge in [-0.1, -0.05) is 11.4 Å². The lowest BCUT2D eigenvalue weighted by molar-refractivity contribution is 0.176. The third kappa shape index (κ3) is 6.88. The first kappa shape index (κ1) is 14.5. The second kappa shape index (κ2) is 7.75. The predicted molar refractivity (Wildman–Crippen MR) is 65.3 cm³/mol. The van der Waals surface area contributed by atoms with Gasteiger partial charge in [-0.15, -0.1) is 0 Å². The average Bonchev–Trinajstić information content (AvgIpc) is 2.01. The number of hydrogen-bond acceptors (Lipinski definition) is 3. The molecule has 0 heterocycles. The van der Waals surface area contributed by atoms with Crippen molar-refractivity contribution in [2.24, 2.45) is 0 Å². The van der Waals surface area contributed by atoms with E-state index in [2.05, 4.69) is 32.6 Å². The maximum absolute atomic E-state index is 10.4. The van der Waals surface area contributed by atoms with Crippen LogP contribution in [0.15, 0.2) is 0 Å². The molecule has 0 spiro atoms. The molecule has 3 nitrogen and oxygen atoms in total. The van der Waals surface area contributed by atoms with Crippen LogP contribution in [0.25, 0.3) is 0 Å². The van der Waals surface area contributed by atoms with Crippen molar-refractivity contribution in [1.29, 1.82) is 0 Å². The summed E-state index contributed by atoms with van der Waals surface area (Å²) in [5.41, 5.74) is 0. The van der Waals surface area contributed by atoms with Gasteiger partial charge >= 0.3 is 0 Å². The van der Waals surface area contributed by atoms with Crippen LogP contribution in [0.3, 0.4) is 0 Å².